The first-order valence-electron chi connectivity index (χ1n) is 7.51. The Morgan fingerprint density at radius 1 is 0.789 bits per heavy atom. The minimum absolute atomic E-state index is 0. The van der Waals surface area contributed by atoms with Crippen molar-refractivity contribution in [2.45, 2.75) is 45.4 Å². The number of nitrogens with zero attached hydrogens (tertiary/aromatic N) is 1. The van der Waals surface area contributed by atoms with Crippen LogP contribution in [0.4, 0.5) is 0 Å². The summed E-state index contributed by atoms with van der Waals surface area (Å²) in [6.45, 7) is 6.88. The van der Waals surface area contributed by atoms with Gasteiger partial charge in [-0.05, 0) is 12.8 Å². The Hall–Kier alpha value is 0.360. The van der Waals surface area contributed by atoms with Crippen molar-refractivity contribution >= 4 is 0 Å². The molecular weight excluding hydrogens is 306 g/mol. The molecule has 0 aromatic carbocycles. The normalized spacial score (nSPS) is 11.4. The van der Waals surface area contributed by atoms with Crippen LogP contribution in [0.15, 0.2) is 0 Å². The van der Waals surface area contributed by atoms with Gasteiger partial charge in [-0.1, -0.05) is 32.6 Å². The largest absolute Gasteiger partial charge is 1.00 e. The van der Waals surface area contributed by atoms with Crippen LogP contribution in [-0.4, -0.2) is 58.6 Å². The first-order valence-corrected chi connectivity index (χ1v) is 7.51. The van der Waals surface area contributed by atoms with E-state index >= 15 is 0 Å². The van der Waals surface area contributed by atoms with E-state index in [1.807, 2.05) is 0 Å². The number of unbranched alkanes of at least 4 members (excludes halogenated alkanes) is 5. The molecule has 0 aliphatic carbocycles. The van der Waals surface area contributed by atoms with E-state index in [0.29, 0.717) is 13.2 Å². The molecule has 3 nitrogen and oxygen atoms in total. The molecule has 0 saturated heterocycles. The molecule has 0 amide bonds. The summed E-state index contributed by atoms with van der Waals surface area (Å²) in [7, 11) is 6.30. The molecule has 0 N–H and O–H groups in total. The molecule has 0 atom stereocenters. The summed E-state index contributed by atoms with van der Waals surface area (Å²) in [6, 6.07) is 0. The Balaban J connectivity index is 0. The highest BCUT2D eigenvalue weighted by Gasteiger charge is 2.13. The Kier molecular flexibility index (Phi) is 16.8. The molecule has 19 heavy (non-hydrogen) atoms. The fraction of sp³-hybridized carbons (Fsp3) is 1.00. The fourth-order valence-electron chi connectivity index (χ4n) is 1.99. The van der Waals surface area contributed by atoms with E-state index in [2.05, 4.69) is 21.0 Å². The summed E-state index contributed by atoms with van der Waals surface area (Å²) < 4.78 is 11.6. The molecule has 4 heteroatoms. The molecule has 0 unspecified atom stereocenters. The molecule has 0 spiro atoms. The van der Waals surface area contributed by atoms with Gasteiger partial charge < -0.3 is 30.9 Å². The summed E-state index contributed by atoms with van der Waals surface area (Å²) in [4.78, 5) is 0. The van der Waals surface area contributed by atoms with Crippen molar-refractivity contribution in [3.63, 3.8) is 0 Å². The predicted octanol–water partition coefficient (Wildman–Crippen LogP) is 0.0903. The molecule has 118 valence electrons. The zero-order chi connectivity index (χ0) is 13.7. The lowest BCUT2D eigenvalue weighted by Gasteiger charge is -2.29. The molecular formula is C15H34BrNO2. The molecule has 0 radical (unpaired) electrons. The van der Waals surface area contributed by atoms with Crippen molar-refractivity contribution in [2.24, 2.45) is 0 Å². The number of rotatable bonds is 13. The lowest BCUT2D eigenvalue weighted by atomic mass is 10.1. The monoisotopic (exact) mass is 339 g/mol. The molecule has 0 aromatic rings. The SMILES string of the molecule is CCCCCCCC[N+](C)(C)CCOCCOC.[Br-]. The number of ether oxygens (including phenoxy) is 2. The second kappa shape index (κ2) is 14.8. The number of halogens is 1. The second-order valence-electron chi connectivity index (χ2n) is 5.76. The van der Waals surface area contributed by atoms with E-state index in [1.165, 1.54) is 45.1 Å². The van der Waals surface area contributed by atoms with E-state index in [4.69, 9.17) is 9.47 Å². The highest BCUT2D eigenvalue weighted by molar-refractivity contribution is 4.44. The van der Waals surface area contributed by atoms with E-state index in [-0.39, 0.29) is 17.0 Å². The summed E-state index contributed by atoms with van der Waals surface area (Å²) in [6.07, 6.45) is 8.26. The average molecular weight is 340 g/mol. The molecule has 0 rings (SSSR count). The molecule has 0 aliphatic rings. The summed E-state index contributed by atoms with van der Waals surface area (Å²) >= 11 is 0. The highest BCUT2D eigenvalue weighted by Crippen LogP contribution is 2.08. The minimum Gasteiger partial charge on any atom is -1.00 e. The van der Waals surface area contributed by atoms with Crippen LogP contribution in [0.3, 0.4) is 0 Å². The Morgan fingerprint density at radius 2 is 1.42 bits per heavy atom. The van der Waals surface area contributed by atoms with E-state index < -0.39 is 0 Å². The van der Waals surface area contributed by atoms with E-state index in [9.17, 15) is 0 Å². The van der Waals surface area contributed by atoms with Gasteiger partial charge in [-0.25, -0.2) is 0 Å². The third kappa shape index (κ3) is 16.3. The molecule has 0 aliphatic heterocycles. The van der Waals surface area contributed by atoms with Crippen LogP contribution < -0.4 is 17.0 Å². The third-order valence-electron chi connectivity index (χ3n) is 3.39. The van der Waals surface area contributed by atoms with Crippen molar-refractivity contribution in [3.8, 4) is 0 Å². The summed E-state index contributed by atoms with van der Waals surface area (Å²) in [5.41, 5.74) is 0. The average Bonchev–Trinajstić information content (AvgIpc) is 2.33. The van der Waals surface area contributed by atoms with Crippen molar-refractivity contribution in [3.05, 3.63) is 0 Å². The predicted molar refractivity (Wildman–Crippen MR) is 77.9 cm³/mol. The zero-order valence-electron chi connectivity index (χ0n) is 13.4. The maximum absolute atomic E-state index is 5.53. The van der Waals surface area contributed by atoms with E-state index in [1.54, 1.807) is 7.11 Å². The van der Waals surface area contributed by atoms with Gasteiger partial charge >= 0.3 is 0 Å². The van der Waals surface area contributed by atoms with Crippen LogP contribution in [0.5, 0.6) is 0 Å². The van der Waals surface area contributed by atoms with Gasteiger partial charge in [0, 0.05) is 7.11 Å². The number of hydrogen-bond donors (Lipinski definition) is 0. The Bertz CT molecular complexity index is 178. The van der Waals surface area contributed by atoms with Crippen LogP contribution in [0, 0.1) is 0 Å². The summed E-state index contributed by atoms with van der Waals surface area (Å²) in [5, 5.41) is 0. The first kappa shape index (κ1) is 21.7. The molecule has 0 fully saturated rings. The van der Waals surface area contributed by atoms with Gasteiger partial charge in [0.1, 0.15) is 6.54 Å². The topological polar surface area (TPSA) is 18.5 Å². The lowest BCUT2D eigenvalue weighted by molar-refractivity contribution is -0.891. The van der Waals surface area contributed by atoms with Gasteiger partial charge in [-0.15, -0.1) is 0 Å². The molecule has 0 saturated carbocycles. The van der Waals surface area contributed by atoms with Crippen molar-refractivity contribution in [2.75, 3.05) is 54.1 Å². The van der Waals surface area contributed by atoms with Gasteiger partial charge in [0.25, 0.3) is 0 Å². The Morgan fingerprint density at radius 3 is 2.05 bits per heavy atom. The van der Waals surface area contributed by atoms with Crippen LogP contribution >= 0.6 is 0 Å². The van der Waals surface area contributed by atoms with Crippen LogP contribution in [0.2, 0.25) is 0 Å². The third-order valence-corrected chi connectivity index (χ3v) is 3.39. The standard InChI is InChI=1S/C15H34NO2.BrH/c1-5-6-7-8-9-10-11-16(2,3)12-13-18-15-14-17-4;/h5-15H2,1-4H3;1H/q+1;/p-1. The van der Waals surface area contributed by atoms with Crippen LogP contribution in [-0.2, 0) is 9.47 Å². The van der Waals surface area contributed by atoms with Gasteiger partial charge in [0.05, 0.1) is 40.5 Å². The number of methoxy groups -OCH3 is 1. The van der Waals surface area contributed by atoms with Crippen molar-refractivity contribution < 1.29 is 30.9 Å². The van der Waals surface area contributed by atoms with E-state index in [0.717, 1.165) is 17.6 Å². The highest BCUT2D eigenvalue weighted by atomic mass is 79.9. The summed E-state index contributed by atoms with van der Waals surface area (Å²) in [5.74, 6) is 0. The quantitative estimate of drug-likeness (QED) is 0.350. The van der Waals surface area contributed by atoms with Gasteiger partial charge in [0.15, 0.2) is 0 Å². The fourth-order valence-corrected chi connectivity index (χ4v) is 1.99. The van der Waals surface area contributed by atoms with Crippen LogP contribution in [0.1, 0.15) is 45.4 Å². The lowest BCUT2D eigenvalue weighted by Crippen LogP contribution is -3.00. The molecule has 0 heterocycles. The van der Waals surface area contributed by atoms with Gasteiger partial charge in [-0.3, -0.25) is 0 Å². The Labute approximate surface area is 131 Å². The first-order chi connectivity index (χ1) is 8.62. The van der Waals surface area contributed by atoms with Crippen LogP contribution in [0.25, 0.3) is 0 Å². The maximum atomic E-state index is 5.53. The molecule has 0 bridgehead atoms. The molecule has 0 aromatic heterocycles. The van der Waals surface area contributed by atoms with Gasteiger partial charge in [-0.2, -0.15) is 0 Å². The minimum atomic E-state index is 0. The number of quaternary nitrogens is 1. The van der Waals surface area contributed by atoms with Crippen molar-refractivity contribution in [1.29, 1.82) is 0 Å². The maximum Gasteiger partial charge on any atom is 0.102 e. The van der Waals surface area contributed by atoms with Gasteiger partial charge in [0.2, 0.25) is 0 Å². The zero-order valence-corrected chi connectivity index (χ0v) is 15.0. The second-order valence-corrected chi connectivity index (χ2v) is 5.76. The van der Waals surface area contributed by atoms with Crippen molar-refractivity contribution in [1.82, 2.24) is 0 Å². The smallest absolute Gasteiger partial charge is 0.102 e. The number of likely N-dealkylation sites (N-methyl/N-ethyl adjacent to an activating group) is 1. The number of hydrogen-bond acceptors (Lipinski definition) is 2.